The van der Waals surface area contributed by atoms with E-state index in [4.69, 9.17) is 9.47 Å². The second kappa shape index (κ2) is 6.98. The molecule has 2 atom stereocenters. The van der Waals surface area contributed by atoms with E-state index >= 15 is 0 Å². The molecule has 1 aromatic rings. The normalized spacial score (nSPS) is 13.8. The Morgan fingerprint density at radius 1 is 1.39 bits per heavy atom. The van der Waals surface area contributed by atoms with E-state index in [-0.39, 0.29) is 13.0 Å². The van der Waals surface area contributed by atoms with Gasteiger partial charge < -0.3 is 19.7 Å². The molecule has 0 aliphatic carbocycles. The molecule has 0 fully saturated rings. The fraction of sp³-hybridized carbons (Fsp3) is 0.462. The van der Waals surface area contributed by atoms with Crippen molar-refractivity contribution in [2.75, 3.05) is 13.7 Å². The van der Waals surface area contributed by atoms with Gasteiger partial charge in [-0.25, -0.2) is 0 Å². The summed E-state index contributed by atoms with van der Waals surface area (Å²) in [6, 6.07) is 6.70. The third kappa shape index (κ3) is 4.01. The van der Waals surface area contributed by atoms with Crippen LogP contribution in [-0.4, -0.2) is 36.0 Å². The molecule has 5 heteroatoms. The third-order valence-corrected chi connectivity index (χ3v) is 2.48. The van der Waals surface area contributed by atoms with E-state index in [0.29, 0.717) is 11.3 Å². The van der Waals surface area contributed by atoms with Gasteiger partial charge >= 0.3 is 5.97 Å². The van der Waals surface area contributed by atoms with Crippen molar-refractivity contribution < 1.29 is 24.5 Å². The Kier molecular flexibility index (Phi) is 5.61. The lowest BCUT2D eigenvalue weighted by Gasteiger charge is -2.17. The fourth-order valence-electron chi connectivity index (χ4n) is 1.55. The quantitative estimate of drug-likeness (QED) is 0.742. The number of hydrogen-bond donors (Lipinski definition) is 2. The number of aliphatic hydroxyl groups is 2. The van der Waals surface area contributed by atoms with Crippen molar-refractivity contribution in [1.82, 2.24) is 0 Å². The van der Waals surface area contributed by atoms with Gasteiger partial charge in [0.2, 0.25) is 0 Å². The first-order chi connectivity index (χ1) is 8.58. The molecular weight excluding hydrogens is 236 g/mol. The maximum Gasteiger partial charge on any atom is 0.308 e. The molecule has 1 rings (SSSR count). The first kappa shape index (κ1) is 14.5. The predicted octanol–water partition coefficient (Wildman–Crippen LogP) is 1.04. The predicted molar refractivity (Wildman–Crippen MR) is 65.2 cm³/mol. The van der Waals surface area contributed by atoms with Crippen LogP contribution in [0.15, 0.2) is 24.3 Å². The zero-order valence-electron chi connectivity index (χ0n) is 10.5. The summed E-state index contributed by atoms with van der Waals surface area (Å²) in [5.74, 6) is 0.0434. The molecule has 0 aromatic heterocycles. The molecule has 2 N–H and O–H groups in total. The summed E-state index contributed by atoms with van der Waals surface area (Å²) < 4.78 is 9.73. The topological polar surface area (TPSA) is 76.0 Å². The first-order valence-corrected chi connectivity index (χ1v) is 5.74. The molecule has 0 bridgehead atoms. The second-order valence-corrected chi connectivity index (χ2v) is 3.80. The van der Waals surface area contributed by atoms with Crippen molar-refractivity contribution in [2.45, 2.75) is 25.6 Å². The zero-order valence-corrected chi connectivity index (χ0v) is 10.5. The van der Waals surface area contributed by atoms with E-state index < -0.39 is 18.2 Å². The molecule has 2 unspecified atom stereocenters. The molecule has 1 aromatic carbocycles. The van der Waals surface area contributed by atoms with E-state index in [2.05, 4.69) is 0 Å². The Hall–Kier alpha value is -1.59. The number of aliphatic hydroxyl groups excluding tert-OH is 2. The van der Waals surface area contributed by atoms with Gasteiger partial charge in [-0.3, -0.25) is 4.79 Å². The van der Waals surface area contributed by atoms with E-state index in [9.17, 15) is 15.0 Å². The van der Waals surface area contributed by atoms with Crippen LogP contribution in [0.1, 0.15) is 25.0 Å². The van der Waals surface area contributed by atoms with Gasteiger partial charge in [-0.2, -0.15) is 0 Å². The summed E-state index contributed by atoms with van der Waals surface area (Å²) in [6.07, 6.45) is -2.59. The molecule has 18 heavy (non-hydrogen) atoms. The molecule has 5 nitrogen and oxygen atoms in total. The highest BCUT2D eigenvalue weighted by Gasteiger charge is 2.22. The lowest BCUT2D eigenvalue weighted by Crippen LogP contribution is -2.23. The van der Waals surface area contributed by atoms with Crippen molar-refractivity contribution in [1.29, 1.82) is 0 Å². The largest absolute Gasteiger partial charge is 0.497 e. The Bertz CT molecular complexity index is 391. The number of benzene rings is 1. The fourth-order valence-corrected chi connectivity index (χ4v) is 1.55. The number of carbonyl (C=O) groups is 1. The molecule has 0 amide bonds. The standard InChI is InChI=1S/C13H18O5/c1-3-18-12(15)8-11(14)13(16)9-5-4-6-10(7-9)17-2/h4-7,11,13-14,16H,3,8H2,1-2H3. The van der Waals surface area contributed by atoms with Crippen molar-refractivity contribution in [2.24, 2.45) is 0 Å². The van der Waals surface area contributed by atoms with Crippen LogP contribution in [0.3, 0.4) is 0 Å². The van der Waals surface area contributed by atoms with Crippen LogP contribution in [0.5, 0.6) is 5.75 Å². The van der Waals surface area contributed by atoms with Crippen LogP contribution in [0.4, 0.5) is 0 Å². The van der Waals surface area contributed by atoms with Gasteiger partial charge in [-0.1, -0.05) is 12.1 Å². The van der Waals surface area contributed by atoms with Gasteiger partial charge in [0, 0.05) is 0 Å². The minimum absolute atomic E-state index is 0.244. The smallest absolute Gasteiger partial charge is 0.308 e. The van der Waals surface area contributed by atoms with Gasteiger partial charge in [0.1, 0.15) is 11.9 Å². The third-order valence-electron chi connectivity index (χ3n) is 2.48. The average Bonchev–Trinajstić information content (AvgIpc) is 2.38. The number of methoxy groups -OCH3 is 1. The van der Waals surface area contributed by atoms with Crippen LogP contribution in [0, 0.1) is 0 Å². The van der Waals surface area contributed by atoms with Crippen molar-refractivity contribution in [3.63, 3.8) is 0 Å². The maximum absolute atomic E-state index is 11.2. The number of hydrogen-bond acceptors (Lipinski definition) is 5. The molecule has 0 aliphatic rings. The van der Waals surface area contributed by atoms with Crippen molar-refractivity contribution in [3.05, 3.63) is 29.8 Å². The summed E-state index contributed by atoms with van der Waals surface area (Å²) in [5, 5.41) is 19.7. The number of carbonyl (C=O) groups excluding carboxylic acids is 1. The van der Waals surface area contributed by atoms with Gasteiger partial charge in [0.25, 0.3) is 0 Å². The molecule has 0 aliphatic heterocycles. The monoisotopic (exact) mass is 254 g/mol. The molecule has 0 saturated carbocycles. The number of rotatable bonds is 6. The molecule has 0 heterocycles. The van der Waals surface area contributed by atoms with Crippen molar-refractivity contribution >= 4 is 5.97 Å². The highest BCUT2D eigenvalue weighted by molar-refractivity contribution is 5.70. The van der Waals surface area contributed by atoms with E-state index in [1.54, 1.807) is 31.2 Å². The maximum atomic E-state index is 11.2. The van der Waals surface area contributed by atoms with Crippen LogP contribution >= 0.6 is 0 Å². The van der Waals surface area contributed by atoms with Crippen molar-refractivity contribution in [3.8, 4) is 5.75 Å². The zero-order chi connectivity index (χ0) is 13.5. The Morgan fingerprint density at radius 2 is 2.11 bits per heavy atom. The molecular formula is C13H18O5. The minimum Gasteiger partial charge on any atom is -0.497 e. The molecule has 100 valence electrons. The Labute approximate surface area is 106 Å². The Morgan fingerprint density at radius 3 is 2.72 bits per heavy atom. The van der Waals surface area contributed by atoms with Crippen LogP contribution in [0.25, 0.3) is 0 Å². The second-order valence-electron chi connectivity index (χ2n) is 3.80. The lowest BCUT2D eigenvalue weighted by atomic mass is 10.0. The first-order valence-electron chi connectivity index (χ1n) is 5.74. The summed E-state index contributed by atoms with van der Waals surface area (Å²) in [5.41, 5.74) is 0.492. The summed E-state index contributed by atoms with van der Waals surface area (Å²) in [4.78, 5) is 11.2. The van der Waals surface area contributed by atoms with E-state index in [0.717, 1.165) is 0 Å². The van der Waals surface area contributed by atoms with E-state index in [1.165, 1.54) is 7.11 Å². The van der Waals surface area contributed by atoms with Crippen LogP contribution in [0.2, 0.25) is 0 Å². The van der Waals surface area contributed by atoms with Gasteiger partial charge in [-0.15, -0.1) is 0 Å². The lowest BCUT2D eigenvalue weighted by molar-refractivity contribution is -0.147. The van der Waals surface area contributed by atoms with Crippen LogP contribution in [-0.2, 0) is 9.53 Å². The Balaban J connectivity index is 2.67. The highest BCUT2D eigenvalue weighted by Crippen LogP contribution is 2.23. The molecule has 0 spiro atoms. The summed E-state index contributed by atoms with van der Waals surface area (Å²) >= 11 is 0. The van der Waals surface area contributed by atoms with Crippen LogP contribution < -0.4 is 4.74 Å². The van der Waals surface area contributed by atoms with Gasteiger partial charge in [0.05, 0.1) is 26.2 Å². The SMILES string of the molecule is CCOC(=O)CC(O)C(O)c1cccc(OC)c1. The molecule has 0 radical (unpaired) electrons. The highest BCUT2D eigenvalue weighted by atomic mass is 16.5. The average molecular weight is 254 g/mol. The van der Waals surface area contributed by atoms with E-state index in [1.807, 2.05) is 0 Å². The van der Waals surface area contributed by atoms with Gasteiger partial charge in [-0.05, 0) is 24.6 Å². The minimum atomic E-state index is -1.20. The summed E-state index contributed by atoms with van der Waals surface area (Å²) in [7, 11) is 1.51. The number of ether oxygens (including phenoxy) is 2. The number of esters is 1. The molecule has 0 saturated heterocycles. The van der Waals surface area contributed by atoms with Gasteiger partial charge in [0.15, 0.2) is 0 Å². The summed E-state index contributed by atoms with van der Waals surface area (Å²) in [6.45, 7) is 1.93.